The zero-order valence-electron chi connectivity index (χ0n) is 16.0. The Morgan fingerprint density at radius 2 is 1.63 bits per heavy atom. The average molecular weight is 399 g/mol. The molecule has 0 saturated carbocycles. The fraction of sp³-hybridized carbons (Fsp3) is 0.650. The van der Waals surface area contributed by atoms with Gasteiger partial charge in [-0.25, -0.2) is 0 Å². The molecule has 0 aliphatic carbocycles. The zero-order valence-corrected chi connectivity index (χ0v) is 16.8. The van der Waals surface area contributed by atoms with E-state index in [1.54, 1.807) is 0 Å². The molecule has 0 bridgehead atoms. The Morgan fingerprint density at radius 3 is 2.19 bits per heavy atom. The molecular formula is C20H31ClN2O4. The zero-order chi connectivity index (χ0) is 18.5. The molecule has 3 N–H and O–H groups in total. The van der Waals surface area contributed by atoms with Crippen LogP contribution in [0.15, 0.2) is 24.3 Å². The first-order valence-electron chi connectivity index (χ1n) is 9.54. The monoisotopic (exact) mass is 398 g/mol. The molecule has 0 atom stereocenters. The van der Waals surface area contributed by atoms with Crippen LogP contribution in [0.3, 0.4) is 0 Å². The molecule has 1 amide bonds. The van der Waals surface area contributed by atoms with Gasteiger partial charge in [-0.1, -0.05) is 12.1 Å². The maximum Gasteiger partial charge on any atom is 0.240 e. The Morgan fingerprint density at radius 1 is 1.07 bits per heavy atom. The molecule has 1 aromatic rings. The van der Waals surface area contributed by atoms with Crippen LogP contribution >= 0.6 is 12.4 Å². The third-order valence-corrected chi connectivity index (χ3v) is 5.65. The van der Waals surface area contributed by atoms with Gasteiger partial charge in [-0.2, -0.15) is 0 Å². The SMILES string of the molecule is CCOc1ccc(C2(CNC(=O)C3(N)CCOCC3)CCOCC2)cc1.Cl. The summed E-state index contributed by atoms with van der Waals surface area (Å²) in [7, 11) is 0. The van der Waals surface area contributed by atoms with Crippen LogP contribution in [-0.4, -0.2) is 51.0 Å². The molecule has 2 aliphatic rings. The van der Waals surface area contributed by atoms with Crippen molar-refractivity contribution in [2.45, 2.75) is 43.6 Å². The lowest BCUT2D eigenvalue weighted by molar-refractivity contribution is -0.130. The molecular weight excluding hydrogens is 368 g/mol. The lowest BCUT2D eigenvalue weighted by atomic mass is 9.74. The number of nitrogens with one attached hydrogen (secondary N) is 1. The third-order valence-electron chi connectivity index (χ3n) is 5.65. The minimum Gasteiger partial charge on any atom is -0.494 e. The summed E-state index contributed by atoms with van der Waals surface area (Å²) in [6.07, 6.45) is 2.89. The van der Waals surface area contributed by atoms with Crippen molar-refractivity contribution in [3.63, 3.8) is 0 Å². The molecule has 7 heteroatoms. The van der Waals surface area contributed by atoms with E-state index in [0.717, 1.165) is 18.6 Å². The number of amides is 1. The minimum atomic E-state index is -0.816. The Kier molecular flexibility index (Phi) is 7.91. The normalized spacial score (nSPS) is 21.0. The van der Waals surface area contributed by atoms with Crippen LogP contribution in [0, 0.1) is 0 Å². The van der Waals surface area contributed by atoms with Crippen molar-refractivity contribution in [1.82, 2.24) is 5.32 Å². The van der Waals surface area contributed by atoms with E-state index in [2.05, 4.69) is 17.4 Å². The molecule has 152 valence electrons. The third kappa shape index (κ3) is 5.13. The minimum absolute atomic E-state index is 0. The summed E-state index contributed by atoms with van der Waals surface area (Å²) in [5.41, 5.74) is 6.59. The van der Waals surface area contributed by atoms with Gasteiger partial charge in [0, 0.05) is 38.4 Å². The Balaban J connectivity index is 0.00000261. The predicted molar refractivity (Wildman–Crippen MR) is 107 cm³/mol. The van der Waals surface area contributed by atoms with Crippen molar-refractivity contribution in [1.29, 1.82) is 0 Å². The van der Waals surface area contributed by atoms with Gasteiger partial charge < -0.3 is 25.3 Å². The summed E-state index contributed by atoms with van der Waals surface area (Å²) >= 11 is 0. The van der Waals surface area contributed by atoms with Crippen LogP contribution in [0.1, 0.15) is 38.2 Å². The second-order valence-electron chi connectivity index (χ2n) is 7.30. The predicted octanol–water partition coefficient (Wildman–Crippen LogP) is 2.18. The first kappa shape index (κ1) is 22.0. The average Bonchev–Trinajstić information content (AvgIpc) is 2.68. The highest BCUT2D eigenvalue weighted by Crippen LogP contribution is 2.35. The number of rotatable bonds is 6. The fourth-order valence-electron chi connectivity index (χ4n) is 3.79. The lowest BCUT2D eigenvalue weighted by Crippen LogP contribution is -2.59. The maximum absolute atomic E-state index is 12.7. The van der Waals surface area contributed by atoms with E-state index in [1.165, 1.54) is 5.56 Å². The number of nitrogens with two attached hydrogens (primary N) is 1. The first-order valence-corrected chi connectivity index (χ1v) is 9.54. The number of ether oxygens (including phenoxy) is 3. The van der Waals surface area contributed by atoms with Gasteiger partial charge in [0.15, 0.2) is 0 Å². The van der Waals surface area contributed by atoms with Crippen LogP contribution in [0.25, 0.3) is 0 Å². The van der Waals surface area contributed by atoms with E-state index in [9.17, 15) is 4.79 Å². The Bertz CT molecular complexity index is 597. The van der Waals surface area contributed by atoms with E-state index in [0.29, 0.717) is 52.4 Å². The van der Waals surface area contributed by atoms with Gasteiger partial charge in [-0.05, 0) is 50.3 Å². The smallest absolute Gasteiger partial charge is 0.240 e. The molecule has 2 saturated heterocycles. The number of hydrogen-bond acceptors (Lipinski definition) is 5. The highest BCUT2D eigenvalue weighted by molar-refractivity contribution is 5.86. The van der Waals surface area contributed by atoms with Crippen LogP contribution in [-0.2, 0) is 19.7 Å². The second-order valence-corrected chi connectivity index (χ2v) is 7.30. The molecule has 0 spiro atoms. The first-order chi connectivity index (χ1) is 12.6. The highest BCUT2D eigenvalue weighted by Gasteiger charge is 2.39. The molecule has 2 heterocycles. The van der Waals surface area contributed by atoms with Gasteiger partial charge in [0.05, 0.1) is 12.1 Å². The summed E-state index contributed by atoms with van der Waals surface area (Å²) in [6, 6.07) is 8.21. The fourth-order valence-corrected chi connectivity index (χ4v) is 3.79. The van der Waals surface area contributed by atoms with Gasteiger partial charge in [0.2, 0.25) is 5.91 Å². The van der Waals surface area contributed by atoms with Crippen molar-refractivity contribution in [3.8, 4) is 5.75 Å². The largest absolute Gasteiger partial charge is 0.494 e. The van der Waals surface area contributed by atoms with Crippen LogP contribution in [0.4, 0.5) is 0 Å². The summed E-state index contributed by atoms with van der Waals surface area (Å²) in [6.45, 7) is 5.68. The van der Waals surface area contributed by atoms with Gasteiger partial charge in [-0.15, -0.1) is 12.4 Å². The van der Waals surface area contributed by atoms with Crippen molar-refractivity contribution in [2.24, 2.45) is 5.73 Å². The number of halogens is 1. The summed E-state index contributed by atoms with van der Waals surface area (Å²) < 4.78 is 16.5. The lowest BCUT2D eigenvalue weighted by Gasteiger charge is -2.39. The molecule has 6 nitrogen and oxygen atoms in total. The highest BCUT2D eigenvalue weighted by atomic mass is 35.5. The second kappa shape index (κ2) is 9.73. The van der Waals surface area contributed by atoms with Crippen molar-refractivity contribution < 1.29 is 19.0 Å². The van der Waals surface area contributed by atoms with Crippen LogP contribution in [0.2, 0.25) is 0 Å². The summed E-state index contributed by atoms with van der Waals surface area (Å²) in [5.74, 6) is 0.795. The number of hydrogen-bond donors (Lipinski definition) is 2. The Labute approximate surface area is 167 Å². The van der Waals surface area contributed by atoms with Crippen molar-refractivity contribution in [3.05, 3.63) is 29.8 Å². The molecule has 2 fully saturated rings. The van der Waals surface area contributed by atoms with Crippen molar-refractivity contribution in [2.75, 3.05) is 39.6 Å². The van der Waals surface area contributed by atoms with E-state index in [1.807, 2.05) is 19.1 Å². The van der Waals surface area contributed by atoms with Gasteiger partial charge in [0.25, 0.3) is 0 Å². The maximum atomic E-state index is 12.7. The van der Waals surface area contributed by atoms with E-state index in [4.69, 9.17) is 19.9 Å². The number of benzene rings is 1. The van der Waals surface area contributed by atoms with Gasteiger partial charge in [-0.3, -0.25) is 4.79 Å². The molecule has 27 heavy (non-hydrogen) atoms. The Hall–Kier alpha value is -1.34. The quantitative estimate of drug-likeness (QED) is 0.767. The molecule has 0 unspecified atom stereocenters. The van der Waals surface area contributed by atoms with E-state index < -0.39 is 5.54 Å². The van der Waals surface area contributed by atoms with E-state index >= 15 is 0 Å². The van der Waals surface area contributed by atoms with Crippen LogP contribution < -0.4 is 15.8 Å². The standard InChI is InChI=1S/C20H30N2O4.ClH/c1-2-26-17-5-3-16(4-6-17)19(7-11-24-12-8-19)15-22-18(23)20(21)9-13-25-14-10-20;/h3-6H,2,7-15,21H2,1H3,(H,22,23);1H. The molecule has 0 aromatic heterocycles. The number of carbonyl (C=O) groups excluding carboxylic acids is 1. The van der Waals surface area contributed by atoms with Crippen LogP contribution in [0.5, 0.6) is 5.75 Å². The van der Waals surface area contributed by atoms with Crippen molar-refractivity contribution >= 4 is 18.3 Å². The summed E-state index contributed by atoms with van der Waals surface area (Å²) in [4.78, 5) is 12.7. The molecule has 0 radical (unpaired) electrons. The molecule has 2 aliphatic heterocycles. The van der Waals surface area contributed by atoms with Gasteiger partial charge >= 0.3 is 0 Å². The molecule has 3 rings (SSSR count). The topological polar surface area (TPSA) is 82.8 Å². The molecule has 1 aromatic carbocycles. The number of carbonyl (C=O) groups is 1. The van der Waals surface area contributed by atoms with E-state index in [-0.39, 0.29) is 23.7 Å². The van der Waals surface area contributed by atoms with Gasteiger partial charge in [0.1, 0.15) is 5.75 Å². The summed E-state index contributed by atoms with van der Waals surface area (Å²) in [5, 5.41) is 3.14.